The summed E-state index contributed by atoms with van der Waals surface area (Å²) in [5, 5.41) is 12.5. The largest absolute Gasteiger partial charge is 0.352 e. The number of nitrogens with one attached hydrogen (secondary N) is 1. The van der Waals surface area contributed by atoms with E-state index in [1.165, 1.54) is 43.9 Å². The summed E-state index contributed by atoms with van der Waals surface area (Å²) in [6, 6.07) is 0.339. The third-order valence-corrected chi connectivity index (χ3v) is 6.04. The molecule has 22 heavy (non-hydrogen) atoms. The normalized spacial score (nSPS) is 26.7. The Bertz CT molecular complexity index is 540. The smallest absolute Gasteiger partial charge is 0.233 e. The van der Waals surface area contributed by atoms with Crippen molar-refractivity contribution >= 4 is 17.7 Å². The zero-order valence-corrected chi connectivity index (χ0v) is 14.5. The molecule has 0 aliphatic heterocycles. The van der Waals surface area contributed by atoms with E-state index in [1.54, 1.807) is 0 Å². The zero-order chi connectivity index (χ0) is 15.7. The molecule has 1 aromatic heterocycles. The highest BCUT2D eigenvalue weighted by Gasteiger charge is 2.30. The van der Waals surface area contributed by atoms with E-state index >= 15 is 0 Å². The van der Waals surface area contributed by atoms with E-state index in [-0.39, 0.29) is 11.2 Å². The summed E-state index contributed by atoms with van der Waals surface area (Å²) in [4.78, 5) is 12.4. The third kappa shape index (κ3) is 3.47. The maximum Gasteiger partial charge on any atom is 0.233 e. The minimum absolute atomic E-state index is 0.125. The van der Waals surface area contributed by atoms with Crippen LogP contribution < -0.4 is 5.32 Å². The summed E-state index contributed by atoms with van der Waals surface area (Å²) in [5.74, 6) is 2.36. The molecule has 6 heteroatoms. The average Bonchev–Trinajstić information content (AvgIpc) is 3.27. The molecule has 0 bridgehead atoms. The molecule has 2 aliphatic carbocycles. The van der Waals surface area contributed by atoms with Gasteiger partial charge in [-0.3, -0.25) is 4.79 Å². The minimum Gasteiger partial charge on any atom is -0.352 e. The van der Waals surface area contributed by atoms with Crippen LogP contribution >= 0.6 is 11.8 Å². The van der Waals surface area contributed by atoms with Crippen molar-refractivity contribution in [2.24, 2.45) is 13.0 Å². The van der Waals surface area contributed by atoms with E-state index in [0.717, 1.165) is 17.4 Å². The molecule has 0 spiro atoms. The van der Waals surface area contributed by atoms with Crippen molar-refractivity contribution in [1.29, 1.82) is 0 Å². The Morgan fingerprint density at radius 2 is 2.00 bits per heavy atom. The number of thioether (sulfide) groups is 1. The first-order valence-corrected chi connectivity index (χ1v) is 9.30. The Kier molecular flexibility index (Phi) is 4.76. The van der Waals surface area contributed by atoms with Crippen LogP contribution in [0.5, 0.6) is 0 Å². The van der Waals surface area contributed by atoms with E-state index in [9.17, 15) is 4.79 Å². The number of hydrogen-bond acceptors (Lipinski definition) is 4. The van der Waals surface area contributed by atoms with Gasteiger partial charge >= 0.3 is 0 Å². The Morgan fingerprint density at radius 3 is 2.68 bits per heavy atom. The molecular weight excluding hydrogens is 296 g/mol. The van der Waals surface area contributed by atoms with Gasteiger partial charge in [0.05, 0.1) is 5.25 Å². The number of carbonyl (C=O) groups is 1. The molecule has 0 saturated heterocycles. The average molecular weight is 322 g/mol. The van der Waals surface area contributed by atoms with E-state index in [1.807, 2.05) is 14.0 Å². The Balaban J connectivity index is 1.56. The summed E-state index contributed by atoms with van der Waals surface area (Å²) in [6.07, 6.45) is 7.28. The van der Waals surface area contributed by atoms with Crippen LogP contribution in [0.2, 0.25) is 0 Å². The number of aromatic nitrogens is 3. The number of nitrogens with zero attached hydrogens (tertiary/aromatic N) is 3. The fourth-order valence-electron chi connectivity index (χ4n) is 3.17. The minimum atomic E-state index is -0.135. The van der Waals surface area contributed by atoms with Gasteiger partial charge in [0.1, 0.15) is 5.82 Å². The fourth-order valence-corrected chi connectivity index (χ4v) is 4.00. The predicted molar refractivity (Wildman–Crippen MR) is 87.9 cm³/mol. The van der Waals surface area contributed by atoms with Crippen LogP contribution in [0.1, 0.15) is 64.1 Å². The zero-order valence-electron chi connectivity index (χ0n) is 13.7. The second kappa shape index (κ2) is 6.60. The van der Waals surface area contributed by atoms with Crippen molar-refractivity contribution in [3.63, 3.8) is 0 Å². The lowest BCUT2D eigenvalue weighted by molar-refractivity contribution is -0.121. The predicted octanol–water partition coefficient (Wildman–Crippen LogP) is 2.87. The fraction of sp³-hybridized carbons (Fsp3) is 0.812. The number of amides is 1. The van der Waals surface area contributed by atoms with Crippen LogP contribution in [0.4, 0.5) is 0 Å². The molecule has 1 aromatic rings. The maximum absolute atomic E-state index is 12.4. The molecule has 2 fully saturated rings. The molecule has 1 N–H and O–H groups in total. The maximum atomic E-state index is 12.4. The molecule has 3 atom stereocenters. The quantitative estimate of drug-likeness (QED) is 0.847. The highest BCUT2D eigenvalue weighted by atomic mass is 32.2. The highest BCUT2D eigenvalue weighted by molar-refractivity contribution is 8.00. The van der Waals surface area contributed by atoms with Gasteiger partial charge in [0.15, 0.2) is 5.16 Å². The molecule has 2 aliphatic rings. The van der Waals surface area contributed by atoms with Crippen LogP contribution in [-0.2, 0) is 11.8 Å². The molecule has 1 amide bonds. The molecule has 122 valence electrons. The van der Waals surface area contributed by atoms with Gasteiger partial charge in [-0.25, -0.2) is 0 Å². The summed E-state index contributed by atoms with van der Waals surface area (Å²) < 4.78 is 2.05. The van der Waals surface area contributed by atoms with Gasteiger partial charge < -0.3 is 9.88 Å². The first kappa shape index (κ1) is 15.8. The third-order valence-electron chi connectivity index (χ3n) is 4.90. The van der Waals surface area contributed by atoms with E-state index < -0.39 is 0 Å². The molecule has 2 saturated carbocycles. The number of carbonyl (C=O) groups excluding carboxylic acids is 1. The van der Waals surface area contributed by atoms with Crippen molar-refractivity contribution in [3.8, 4) is 0 Å². The summed E-state index contributed by atoms with van der Waals surface area (Å²) in [6.45, 7) is 4.20. The van der Waals surface area contributed by atoms with E-state index in [2.05, 4.69) is 27.0 Å². The van der Waals surface area contributed by atoms with E-state index in [4.69, 9.17) is 0 Å². The second-order valence-corrected chi connectivity index (χ2v) is 8.12. The molecule has 0 unspecified atom stereocenters. The summed E-state index contributed by atoms with van der Waals surface area (Å²) >= 11 is 1.51. The van der Waals surface area contributed by atoms with Gasteiger partial charge in [-0.05, 0) is 38.5 Å². The molecule has 3 rings (SSSR count). The highest BCUT2D eigenvalue weighted by Crippen LogP contribution is 2.39. The van der Waals surface area contributed by atoms with Gasteiger partial charge in [-0.2, -0.15) is 0 Å². The Morgan fingerprint density at radius 1 is 1.27 bits per heavy atom. The number of rotatable bonds is 5. The molecule has 5 nitrogen and oxygen atoms in total. The molecular formula is C16H26N4OS. The standard InChI is InChI=1S/C16H26N4OS/c1-10-6-4-5-7-13(10)17-15(21)11(2)22-16-19-18-14(20(16)3)12-8-9-12/h10-13H,4-9H2,1-3H3,(H,17,21)/t10-,11+,13-/m0/s1. The van der Waals surface area contributed by atoms with Crippen LogP contribution in [0.25, 0.3) is 0 Å². The van der Waals surface area contributed by atoms with Crippen molar-refractivity contribution < 1.29 is 4.79 Å². The van der Waals surface area contributed by atoms with Crippen molar-refractivity contribution in [2.45, 2.75) is 74.7 Å². The lowest BCUT2D eigenvalue weighted by Crippen LogP contribution is -2.44. The lowest BCUT2D eigenvalue weighted by atomic mass is 9.86. The van der Waals surface area contributed by atoms with Crippen LogP contribution in [0.3, 0.4) is 0 Å². The lowest BCUT2D eigenvalue weighted by Gasteiger charge is -2.30. The van der Waals surface area contributed by atoms with Gasteiger partial charge in [-0.15, -0.1) is 10.2 Å². The van der Waals surface area contributed by atoms with Crippen molar-refractivity contribution in [3.05, 3.63) is 5.82 Å². The second-order valence-electron chi connectivity index (χ2n) is 6.81. The Hall–Kier alpha value is -1.04. The SMILES string of the molecule is C[C@@H](Sc1nnc(C2CC2)n1C)C(=O)N[C@H]1CCCC[C@@H]1C. The summed E-state index contributed by atoms with van der Waals surface area (Å²) in [5.41, 5.74) is 0. The van der Waals surface area contributed by atoms with Crippen LogP contribution in [0.15, 0.2) is 5.16 Å². The van der Waals surface area contributed by atoms with Crippen LogP contribution in [0, 0.1) is 5.92 Å². The van der Waals surface area contributed by atoms with Crippen LogP contribution in [-0.4, -0.2) is 32.0 Å². The Labute approximate surface area is 136 Å². The van der Waals surface area contributed by atoms with Gasteiger partial charge in [0, 0.05) is 19.0 Å². The summed E-state index contributed by atoms with van der Waals surface area (Å²) in [7, 11) is 2.00. The van der Waals surface area contributed by atoms with Gasteiger partial charge in [0.2, 0.25) is 5.91 Å². The van der Waals surface area contributed by atoms with Gasteiger partial charge in [-0.1, -0.05) is 31.5 Å². The molecule has 0 aromatic carbocycles. The van der Waals surface area contributed by atoms with Gasteiger partial charge in [0.25, 0.3) is 0 Å². The monoisotopic (exact) mass is 322 g/mol. The van der Waals surface area contributed by atoms with E-state index in [0.29, 0.717) is 17.9 Å². The first-order valence-electron chi connectivity index (χ1n) is 8.42. The topological polar surface area (TPSA) is 59.8 Å². The molecule has 0 radical (unpaired) electrons. The first-order chi connectivity index (χ1) is 10.6. The molecule has 1 heterocycles. The number of hydrogen-bond donors (Lipinski definition) is 1. The van der Waals surface area contributed by atoms with Crippen molar-refractivity contribution in [2.75, 3.05) is 0 Å². The van der Waals surface area contributed by atoms with Crippen molar-refractivity contribution in [1.82, 2.24) is 20.1 Å².